The van der Waals surface area contributed by atoms with E-state index in [4.69, 9.17) is 4.18 Å². The second-order valence-electron chi connectivity index (χ2n) is 7.74. The van der Waals surface area contributed by atoms with Gasteiger partial charge in [-0.2, -0.15) is 8.42 Å². The number of carbonyl (C=O) groups is 1. The molecule has 2 N–H and O–H groups in total. The number of hydrogen-bond acceptors (Lipinski definition) is 8. The summed E-state index contributed by atoms with van der Waals surface area (Å²) < 4.78 is 82.9. The number of rotatable bonds is 8. The number of aryl methyl sites for hydroxylation is 2. The van der Waals surface area contributed by atoms with Gasteiger partial charge in [0.15, 0.2) is 15.6 Å². The molecule has 0 unspecified atom stereocenters. The van der Waals surface area contributed by atoms with Crippen LogP contribution >= 0.6 is 0 Å². The maximum Gasteiger partial charge on any atom is 0.339 e. The first kappa shape index (κ1) is 27.2. The summed E-state index contributed by atoms with van der Waals surface area (Å²) in [5.41, 5.74) is 1.14. The highest BCUT2D eigenvalue weighted by atomic mass is 32.2. The van der Waals surface area contributed by atoms with E-state index in [0.717, 1.165) is 17.7 Å². The molecule has 0 saturated heterocycles. The van der Waals surface area contributed by atoms with Crippen molar-refractivity contribution >= 4 is 41.7 Å². The van der Waals surface area contributed by atoms with Crippen molar-refractivity contribution in [2.45, 2.75) is 35.5 Å². The highest BCUT2D eigenvalue weighted by Crippen LogP contribution is 2.31. The fourth-order valence-electron chi connectivity index (χ4n) is 3.11. The van der Waals surface area contributed by atoms with E-state index < -0.39 is 46.7 Å². The molecule has 10 nitrogen and oxygen atoms in total. The first-order valence-electron chi connectivity index (χ1n) is 10.5. The smallest absolute Gasteiger partial charge is 0.339 e. The van der Waals surface area contributed by atoms with Gasteiger partial charge in [0.1, 0.15) is 9.79 Å². The summed E-state index contributed by atoms with van der Waals surface area (Å²) in [6.07, 6.45) is 0. The second-order valence-corrected chi connectivity index (χ2v) is 13.2. The SMILES string of the molecule is CCS(=O)(=O)c1cc(NC(=O)NS(=O)(=O)c2ccc(C)cc2)ccc1OS(=O)(=O)c1ccccc1C. The van der Waals surface area contributed by atoms with Gasteiger partial charge in [0.2, 0.25) is 0 Å². The maximum absolute atomic E-state index is 12.8. The molecule has 0 radical (unpaired) electrons. The minimum atomic E-state index is -4.37. The third-order valence-electron chi connectivity index (χ3n) is 5.04. The van der Waals surface area contributed by atoms with Crippen LogP contribution in [0.3, 0.4) is 0 Å². The number of hydrogen-bond donors (Lipinski definition) is 2. The number of sulfone groups is 1. The number of amides is 2. The van der Waals surface area contributed by atoms with Crippen molar-refractivity contribution in [1.82, 2.24) is 4.72 Å². The highest BCUT2D eigenvalue weighted by molar-refractivity contribution is 7.91. The predicted octanol–water partition coefficient (Wildman–Crippen LogP) is 3.38. The minimum Gasteiger partial charge on any atom is -0.378 e. The number of anilines is 1. The number of urea groups is 1. The summed E-state index contributed by atoms with van der Waals surface area (Å²) in [7, 11) is -12.6. The predicted molar refractivity (Wildman–Crippen MR) is 134 cm³/mol. The van der Waals surface area contributed by atoms with E-state index in [1.807, 2.05) is 4.72 Å². The van der Waals surface area contributed by atoms with Gasteiger partial charge in [0, 0.05) is 5.69 Å². The molecule has 0 aliphatic rings. The Morgan fingerprint density at radius 2 is 1.47 bits per heavy atom. The summed E-state index contributed by atoms with van der Waals surface area (Å²) >= 11 is 0. The summed E-state index contributed by atoms with van der Waals surface area (Å²) in [5.74, 6) is -0.844. The molecule has 0 bridgehead atoms. The van der Waals surface area contributed by atoms with Gasteiger partial charge in [-0.25, -0.2) is 26.4 Å². The summed E-state index contributed by atoms with van der Waals surface area (Å²) in [4.78, 5) is 11.6. The van der Waals surface area contributed by atoms with E-state index in [0.29, 0.717) is 5.56 Å². The zero-order valence-corrected chi connectivity index (χ0v) is 22.0. The van der Waals surface area contributed by atoms with Gasteiger partial charge in [0.25, 0.3) is 10.0 Å². The molecule has 0 fully saturated rings. The van der Waals surface area contributed by atoms with Crippen LogP contribution in [-0.4, -0.2) is 37.0 Å². The molecule has 3 aromatic rings. The third-order valence-corrected chi connectivity index (χ3v) is 9.53. The van der Waals surface area contributed by atoms with Crippen LogP contribution < -0.4 is 14.2 Å². The average molecular weight is 553 g/mol. The molecule has 0 aliphatic heterocycles. The first-order chi connectivity index (χ1) is 16.7. The molecule has 192 valence electrons. The van der Waals surface area contributed by atoms with Gasteiger partial charge in [-0.1, -0.05) is 42.8 Å². The average Bonchev–Trinajstić information content (AvgIpc) is 2.80. The molecule has 3 rings (SSSR count). The van der Waals surface area contributed by atoms with Gasteiger partial charge in [-0.3, -0.25) is 0 Å². The van der Waals surface area contributed by atoms with Crippen molar-refractivity contribution in [3.05, 3.63) is 77.9 Å². The molecule has 2 amide bonds. The molecule has 0 atom stereocenters. The maximum atomic E-state index is 12.8. The van der Waals surface area contributed by atoms with Crippen LogP contribution in [0.2, 0.25) is 0 Å². The lowest BCUT2D eigenvalue weighted by atomic mass is 10.2. The van der Waals surface area contributed by atoms with E-state index >= 15 is 0 Å². The molecule has 13 heteroatoms. The van der Waals surface area contributed by atoms with Crippen molar-refractivity contribution in [3.8, 4) is 5.75 Å². The fourth-order valence-corrected chi connectivity index (χ4v) is 6.28. The van der Waals surface area contributed by atoms with Crippen LogP contribution in [-0.2, 0) is 30.0 Å². The van der Waals surface area contributed by atoms with Gasteiger partial charge in [0.05, 0.1) is 10.6 Å². The van der Waals surface area contributed by atoms with Crippen molar-refractivity contribution in [1.29, 1.82) is 0 Å². The Labute approximate surface area is 210 Å². The van der Waals surface area contributed by atoms with Crippen molar-refractivity contribution in [2.24, 2.45) is 0 Å². The zero-order valence-electron chi connectivity index (χ0n) is 19.5. The Hall–Kier alpha value is -3.42. The Morgan fingerprint density at radius 1 is 0.833 bits per heavy atom. The lowest BCUT2D eigenvalue weighted by Gasteiger charge is -2.15. The number of carbonyl (C=O) groups excluding carboxylic acids is 1. The van der Waals surface area contributed by atoms with Gasteiger partial charge in [-0.15, -0.1) is 0 Å². The number of benzene rings is 3. The number of sulfonamides is 1. The van der Waals surface area contributed by atoms with Crippen molar-refractivity contribution in [3.63, 3.8) is 0 Å². The quantitative estimate of drug-likeness (QED) is 0.403. The number of nitrogens with one attached hydrogen (secondary N) is 2. The molecule has 36 heavy (non-hydrogen) atoms. The van der Waals surface area contributed by atoms with Crippen LogP contribution in [0.1, 0.15) is 18.1 Å². The standard InChI is InChI=1S/C23H24N2O8S3/c1-4-34(27,28)22-15-18(24-23(26)25-35(29,30)19-12-9-16(2)10-13-19)11-14-20(22)33-36(31,32)21-8-6-5-7-17(21)3/h5-15H,4H2,1-3H3,(H2,24,25,26). The van der Waals surface area contributed by atoms with Crippen molar-refractivity contribution in [2.75, 3.05) is 11.1 Å². The minimum absolute atomic E-state index is 0.0979. The Bertz CT molecular complexity index is 1610. The van der Waals surface area contributed by atoms with Crippen LogP contribution in [0, 0.1) is 13.8 Å². The van der Waals surface area contributed by atoms with Crippen LogP contribution in [0.5, 0.6) is 5.75 Å². The Morgan fingerprint density at radius 3 is 2.08 bits per heavy atom. The van der Waals surface area contributed by atoms with Crippen LogP contribution in [0.25, 0.3) is 0 Å². The summed E-state index contributed by atoms with van der Waals surface area (Å²) in [6, 6.07) is 14.0. The highest BCUT2D eigenvalue weighted by Gasteiger charge is 2.26. The first-order valence-corrected chi connectivity index (χ1v) is 15.1. The van der Waals surface area contributed by atoms with E-state index in [1.165, 1.54) is 37.3 Å². The summed E-state index contributed by atoms with van der Waals surface area (Å²) in [5, 5.41) is 2.25. The molecule has 0 saturated carbocycles. The van der Waals surface area contributed by atoms with Gasteiger partial charge >= 0.3 is 16.1 Å². The summed E-state index contributed by atoms with van der Waals surface area (Å²) in [6.45, 7) is 4.70. The molecular formula is C23H24N2O8S3. The van der Waals surface area contributed by atoms with Crippen LogP contribution in [0.15, 0.2) is 81.4 Å². The molecule has 0 aliphatic carbocycles. The van der Waals surface area contributed by atoms with Gasteiger partial charge in [-0.05, 0) is 55.8 Å². The van der Waals surface area contributed by atoms with E-state index in [2.05, 4.69) is 5.32 Å². The topological polar surface area (TPSA) is 153 Å². The van der Waals surface area contributed by atoms with Crippen LogP contribution in [0.4, 0.5) is 10.5 Å². The van der Waals surface area contributed by atoms with E-state index in [-0.39, 0.29) is 21.2 Å². The largest absolute Gasteiger partial charge is 0.378 e. The molecule has 0 heterocycles. The zero-order chi connectivity index (χ0) is 26.7. The lowest BCUT2D eigenvalue weighted by Crippen LogP contribution is -2.34. The lowest BCUT2D eigenvalue weighted by molar-refractivity contribution is 0.256. The second kappa shape index (κ2) is 10.3. The third kappa shape index (κ3) is 6.22. The molecular weight excluding hydrogens is 528 g/mol. The monoisotopic (exact) mass is 552 g/mol. The fraction of sp³-hybridized carbons (Fsp3) is 0.174. The molecule has 0 aromatic heterocycles. The van der Waals surface area contributed by atoms with E-state index in [9.17, 15) is 30.0 Å². The Balaban J connectivity index is 1.90. The van der Waals surface area contributed by atoms with Crippen molar-refractivity contribution < 1.29 is 34.2 Å². The van der Waals surface area contributed by atoms with E-state index in [1.54, 1.807) is 38.1 Å². The normalized spacial score (nSPS) is 12.1. The molecule has 3 aromatic carbocycles. The molecule has 0 spiro atoms. The van der Waals surface area contributed by atoms with Gasteiger partial charge < -0.3 is 9.50 Å². The Kier molecular flexibility index (Phi) is 7.76.